The van der Waals surface area contributed by atoms with E-state index in [2.05, 4.69) is 40.7 Å². The molecular weight excluding hydrogens is 280 g/mol. The van der Waals surface area contributed by atoms with Crippen LogP contribution in [-0.2, 0) is 4.74 Å². The van der Waals surface area contributed by atoms with Gasteiger partial charge in [-0.2, -0.15) is 4.98 Å². The molecule has 1 aromatic heterocycles. The minimum absolute atomic E-state index is 0.199. The lowest BCUT2D eigenvalue weighted by Crippen LogP contribution is -2.49. The average Bonchev–Trinajstić information content (AvgIpc) is 3.18. The van der Waals surface area contributed by atoms with Gasteiger partial charge in [0.2, 0.25) is 5.89 Å². The van der Waals surface area contributed by atoms with Crippen molar-refractivity contribution in [3.05, 3.63) is 11.7 Å². The molecule has 0 spiro atoms. The second kappa shape index (κ2) is 7.06. The maximum atomic E-state index is 5.74. The maximum absolute atomic E-state index is 5.74. The van der Waals surface area contributed by atoms with E-state index in [-0.39, 0.29) is 6.04 Å². The first-order valence-electron chi connectivity index (χ1n) is 8.55. The van der Waals surface area contributed by atoms with Gasteiger partial charge in [-0.1, -0.05) is 19.0 Å². The van der Waals surface area contributed by atoms with E-state index in [4.69, 9.17) is 9.26 Å². The fourth-order valence-corrected chi connectivity index (χ4v) is 3.22. The summed E-state index contributed by atoms with van der Waals surface area (Å²) >= 11 is 0. The van der Waals surface area contributed by atoms with Crippen molar-refractivity contribution in [3.63, 3.8) is 0 Å². The Morgan fingerprint density at radius 1 is 1.18 bits per heavy atom. The van der Waals surface area contributed by atoms with E-state index < -0.39 is 0 Å². The number of piperazine rings is 1. The van der Waals surface area contributed by atoms with Gasteiger partial charge in [-0.05, 0) is 19.8 Å². The first kappa shape index (κ1) is 15.9. The van der Waals surface area contributed by atoms with Gasteiger partial charge in [0, 0.05) is 45.2 Å². The maximum Gasteiger partial charge on any atom is 0.243 e. The van der Waals surface area contributed by atoms with Crippen LogP contribution in [0.25, 0.3) is 0 Å². The molecule has 2 unspecified atom stereocenters. The molecular formula is C16H28N4O2. The molecule has 2 aliphatic rings. The third-order valence-corrected chi connectivity index (χ3v) is 4.77. The molecule has 2 aliphatic heterocycles. The summed E-state index contributed by atoms with van der Waals surface area (Å²) in [6.45, 7) is 12.6. The lowest BCUT2D eigenvalue weighted by molar-refractivity contribution is 0.0379. The second-order valence-corrected chi connectivity index (χ2v) is 6.79. The van der Waals surface area contributed by atoms with Gasteiger partial charge in [-0.3, -0.25) is 9.80 Å². The van der Waals surface area contributed by atoms with Crippen LogP contribution < -0.4 is 0 Å². The fourth-order valence-electron chi connectivity index (χ4n) is 3.22. The number of hydrogen-bond donors (Lipinski definition) is 0. The van der Waals surface area contributed by atoms with Crippen molar-refractivity contribution in [1.29, 1.82) is 0 Å². The normalized spacial score (nSPS) is 25.9. The summed E-state index contributed by atoms with van der Waals surface area (Å²) in [5.41, 5.74) is 0. The van der Waals surface area contributed by atoms with Gasteiger partial charge < -0.3 is 9.26 Å². The molecule has 0 aromatic carbocycles. The molecule has 0 radical (unpaired) electrons. The van der Waals surface area contributed by atoms with Gasteiger partial charge in [0.15, 0.2) is 5.82 Å². The Labute approximate surface area is 132 Å². The highest BCUT2D eigenvalue weighted by molar-refractivity contribution is 4.96. The minimum atomic E-state index is 0.199. The topological polar surface area (TPSA) is 54.6 Å². The standard InChI is InChI=1S/C16H28N4O2/c1-12(2)15-17-16(22-18-15)13(3)20-8-6-19(7-9-20)11-14-5-4-10-21-14/h12-14H,4-11H2,1-3H3. The molecule has 6 heteroatoms. The highest BCUT2D eigenvalue weighted by atomic mass is 16.5. The number of rotatable bonds is 5. The lowest BCUT2D eigenvalue weighted by Gasteiger charge is -2.37. The van der Waals surface area contributed by atoms with Gasteiger partial charge >= 0.3 is 0 Å². The number of hydrogen-bond acceptors (Lipinski definition) is 6. The zero-order valence-corrected chi connectivity index (χ0v) is 14.0. The zero-order chi connectivity index (χ0) is 15.5. The molecule has 0 amide bonds. The summed E-state index contributed by atoms with van der Waals surface area (Å²) in [6, 6.07) is 0.199. The molecule has 2 atom stereocenters. The fraction of sp³-hybridized carbons (Fsp3) is 0.875. The minimum Gasteiger partial charge on any atom is -0.377 e. The van der Waals surface area contributed by atoms with Crippen molar-refractivity contribution in [3.8, 4) is 0 Å². The molecule has 3 heterocycles. The molecule has 2 saturated heterocycles. The summed E-state index contributed by atoms with van der Waals surface area (Å²) in [5.74, 6) is 1.86. The van der Waals surface area contributed by atoms with Crippen molar-refractivity contribution in [2.75, 3.05) is 39.3 Å². The van der Waals surface area contributed by atoms with Crippen molar-refractivity contribution < 1.29 is 9.26 Å². The highest BCUT2D eigenvalue weighted by Crippen LogP contribution is 2.22. The van der Waals surface area contributed by atoms with Crippen LogP contribution in [0.15, 0.2) is 4.52 Å². The van der Waals surface area contributed by atoms with Crippen molar-refractivity contribution in [2.45, 2.75) is 51.7 Å². The van der Waals surface area contributed by atoms with Crippen molar-refractivity contribution >= 4 is 0 Å². The molecule has 1 aromatic rings. The van der Waals surface area contributed by atoms with Gasteiger partial charge in [0.05, 0.1) is 12.1 Å². The quantitative estimate of drug-likeness (QED) is 0.830. The first-order chi connectivity index (χ1) is 10.6. The van der Waals surface area contributed by atoms with Crippen LogP contribution in [0, 0.1) is 0 Å². The Kier molecular flexibility index (Phi) is 5.10. The Morgan fingerprint density at radius 2 is 1.95 bits per heavy atom. The lowest BCUT2D eigenvalue weighted by atomic mass is 10.2. The van der Waals surface area contributed by atoms with Crippen LogP contribution in [0.5, 0.6) is 0 Å². The van der Waals surface area contributed by atoms with Gasteiger partial charge in [-0.15, -0.1) is 0 Å². The molecule has 22 heavy (non-hydrogen) atoms. The molecule has 6 nitrogen and oxygen atoms in total. The van der Waals surface area contributed by atoms with Crippen LogP contribution in [-0.4, -0.2) is 65.4 Å². The van der Waals surface area contributed by atoms with E-state index in [1.165, 1.54) is 12.8 Å². The summed E-state index contributed by atoms with van der Waals surface area (Å²) in [5, 5.41) is 4.08. The number of ether oxygens (including phenoxy) is 1. The van der Waals surface area contributed by atoms with E-state index in [9.17, 15) is 0 Å². The third kappa shape index (κ3) is 3.67. The summed E-state index contributed by atoms with van der Waals surface area (Å²) < 4.78 is 11.2. The van der Waals surface area contributed by atoms with Gasteiger partial charge in [0.1, 0.15) is 0 Å². The molecule has 0 aliphatic carbocycles. The SMILES string of the molecule is CC(C)c1noc(C(C)N2CCN(CC3CCCO3)CC2)n1. The van der Waals surface area contributed by atoms with Crippen LogP contribution in [0.2, 0.25) is 0 Å². The predicted molar refractivity (Wildman–Crippen MR) is 83.8 cm³/mol. The van der Waals surface area contributed by atoms with E-state index in [1.807, 2.05) is 0 Å². The Bertz CT molecular complexity index is 462. The molecule has 3 rings (SSSR count). The van der Waals surface area contributed by atoms with Crippen LogP contribution in [0.3, 0.4) is 0 Å². The average molecular weight is 308 g/mol. The third-order valence-electron chi connectivity index (χ3n) is 4.77. The predicted octanol–water partition coefficient (Wildman–Crippen LogP) is 2.05. The van der Waals surface area contributed by atoms with E-state index >= 15 is 0 Å². The zero-order valence-electron chi connectivity index (χ0n) is 14.0. The number of aromatic nitrogens is 2. The molecule has 0 N–H and O–H groups in total. The highest BCUT2D eigenvalue weighted by Gasteiger charge is 2.27. The van der Waals surface area contributed by atoms with Crippen molar-refractivity contribution in [2.24, 2.45) is 0 Å². The summed E-state index contributed by atoms with van der Waals surface area (Å²) in [4.78, 5) is 9.49. The monoisotopic (exact) mass is 308 g/mol. The van der Waals surface area contributed by atoms with E-state index in [0.717, 1.165) is 51.0 Å². The summed E-state index contributed by atoms with van der Waals surface area (Å²) in [7, 11) is 0. The van der Waals surface area contributed by atoms with E-state index in [0.29, 0.717) is 12.0 Å². The molecule has 124 valence electrons. The molecule has 2 fully saturated rings. The second-order valence-electron chi connectivity index (χ2n) is 6.79. The van der Waals surface area contributed by atoms with Crippen molar-refractivity contribution in [1.82, 2.24) is 19.9 Å². The molecule has 0 saturated carbocycles. The molecule has 0 bridgehead atoms. The first-order valence-corrected chi connectivity index (χ1v) is 8.55. The van der Waals surface area contributed by atoms with Crippen LogP contribution >= 0.6 is 0 Å². The van der Waals surface area contributed by atoms with Crippen LogP contribution in [0.1, 0.15) is 57.3 Å². The summed E-state index contributed by atoms with van der Waals surface area (Å²) in [6.07, 6.45) is 2.89. The Hall–Kier alpha value is -0.980. The van der Waals surface area contributed by atoms with E-state index in [1.54, 1.807) is 0 Å². The van der Waals surface area contributed by atoms with Gasteiger partial charge in [-0.25, -0.2) is 0 Å². The van der Waals surface area contributed by atoms with Crippen LogP contribution in [0.4, 0.5) is 0 Å². The Balaban J connectivity index is 1.49. The number of nitrogens with zero attached hydrogens (tertiary/aromatic N) is 4. The largest absolute Gasteiger partial charge is 0.377 e. The Morgan fingerprint density at radius 3 is 2.55 bits per heavy atom. The van der Waals surface area contributed by atoms with Gasteiger partial charge in [0.25, 0.3) is 0 Å². The smallest absolute Gasteiger partial charge is 0.243 e.